The van der Waals surface area contributed by atoms with Crippen LogP contribution in [0.25, 0.3) is 0 Å². The normalized spacial score (nSPS) is 24.4. The molecule has 5 heteroatoms. The minimum absolute atomic E-state index is 0.140. The van der Waals surface area contributed by atoms with E-state index in [0.717, 1.165) is 6.54 Å². The summed E-state index contributed by atoms with van der Waals surface area (Å²) in [6.45, 7) is 6.02. The molecular weight excluding hydrogens is 314 g/mol. The fourth-order valence-electron chi connectivity index (χ4n) is 3.65. The van der Waals surface area contributed by atoms with Gasteiger partial charge in [0.1, 0.15) is 0 Å². The molecule has 1 aliphatic carbocycles. The van der Waals surface area contributed by atoms with Crippen molar-refractivity contribution in [3.05, 3.63) is 35.4 Å². The summed E-state index contributed by atoms with van der Waals surface area (Å²) in [6.07, 6.45) is 3.02. The maximum absolute atomic E-state index is 12.4. The zero-order valence-corrected chi connectivity index (χ0v) is 15.5. The van der Waals surface area contributed by atoms with Crippen molar-refractivity contribution in [3.63, 3.8) is 0 Å². The fourth-order valence-corrected chi connectivity index (χ4v) is 3.65. The van der Waals surface area contributed by atoms with Crippen LogP contribution >= 0.6 is 0 Å². The Balaban J connectivity index is 1.67. The second kappa shape index (κ2) is 7.56. The molecule has 5 nitrogen and oxygen atoms in total. The first-order valence-electron chi connectivity index (χ1n) is 9.27. The van der Waals surface area contributed by atoms with Crippen LogP contribution in [0, 0.1) is 12.8 Å². The van der Waals surface area contributed by atoms with Crippen molar-refractivity contribution >= 4 is 11.8 Å². The number of rotatable bonds is 6. The Bertz CT molecular complexity index is 642. The molecule has 136 valence electrons. The highest BCUT2D eigenvalue weighted by molar-refractivity contribution is 5.82. The van der Waals surface area contributed by atoms with Gasteiger partial charge in [0.25, 0.3) is 0 Å². The number of hydrogen-bond donors (Lipinski definition) is 1. The number of carbonyl (C=O) groups excluding carboxylic acids is 2. The molecule has 25 heavy (non-hydrogen) atoms. The lowest BCUT2D eigenvalue weighted by molar-refractivity contribution is -0.143. The fraction of sp³-hybridized carbons (Fsp3) is 0.600. The molecule has 0 radical (unpaired) electrons. The number of nitrogens with one attached hydrogen (secondary N) is 1. The van der Waals surface area contributed by atoms with Crippen molar-refractivity contribution in [3.8, 4) is 0 Å². The molecule has 1 heterocycles. The Hall–Kier alpha value is -1.88. The lowest BCUT2D eigenvalue weighted by Gasteiger charge is -2.44. The first kappa shape index (κ1) is 17.9. The second-order valence-electron chi connectivity index (χ2n) is 7.66. The molecule has 0 aromatic heterocycles. The summed E-state index contributed by atoms with van der Waals surface area (Å²) in [5.74, 6) is 0.886. The van der Waals surface area contributed by atoms with E-state index in [2.05, 4.69) is 41.4 Å². The molecule has 2 amide bonds. The first-order chi connectivity index (χ1) is 11.9. The number of aryl methyl sites for hydroxylation is 1. The van der Waals surface area contributed by atoms with Crippen LogP contribution in [0.15, 0.2) is 24.3 Å². The molecule has 3 rings (SSSR count). The summed E-state index contributed by atoms with van der Waals surface area (Å²) in [7, 11) is 1.85. The Kier molecular flexibility index (Phi) is 5.42. The van der Waals surface area contributed by atoms with E-state index >= 15 is 0 Å². The summed E-state index contributed by atoms with van der Waals surface area (Å²) < 4.78 is 0. The quantitative estimate of drug-likeness (QED) is 0.859. The van der Waals surface area contributed by atoms with Crippen LogP contribution in [-0.2, 0) is 16.1 Å². The van der Waals surface area contributed by atoms with E-state index in [0.29, 0.717) is 25.4 Å². The van der Waals surface area contributed by atoms with E-state index in [4.69, 9.17) is 0 Å². The predicted octanol–water partition coefficient (Wildman–Crippen LogP) is 1.94. The van der Waals surface area contributed by atoms with Gasteiger partial charge in [-0.15, -0.1) is 0 Å². The molecule has 0 unspecified atom stereocenters. The molecule has 1 N–H and O–H groups in total. The third-order valence-corrected chi connectivity index (χ3v) is 5.34. The van der Waals surface area contributed by atoms with Crippen molar-refractivity contribution in [1.82, 2.24) is 15.1 Å². The van der Waals surface area contributed by atoms with E-state index in [1.54, 1.807) is 4.90 Å². The number of benzene rings is 1. The van der Waals surface area contributed by atoms with Gasteiger partial charge in [0.2, 0.25) is 11.8 Å². The van der Waals surface area contributed by atoms with Crippen LogP contribution in [-0.4, -0.2) is 53.8 Å². The lowest BCUT2D eigenvalue weighted by Crippen LogP contribution is -2.62. The molecule has 1 aromatic rings. The number of carbonyl (C=O) groups is 2. The number of piperazine rings is 1. The lowest BCUT2D eigenvalue weighted by atomic mass is 10.0. The Labute approximate surface area is 150 Å². The van der Waals surface area contributed by atoms with Gasteiger partial charge in [-0.1, -0.05) is 29.8 Å². The molecule has 2 atom stereocenters. The molecule has 1 aliphatic heterocycles. The van der Waals surface area contributed by atoms with Crippen LogP contribution in [0.2, 0.25) is 0 Å². The molecule has 2 aliphatic rings. The summed E-state index contributed by atoms with van der Waals surface area (Å²) in [5.41, 5.74) is 2.43. The SMILES string of the molecule is Cc1cccc(CN2[C@H](CNC(=O)CC3CC3)CN(C)C(=O)[C@@H]2C)c1. The Morgan fingerprint density at radius 3 is 2.76 bits per heavy atom. The Morgan fingerprint density at radius 1 is 1.32 bits per heavy atom. The molecule has 1 aromatic carbocycles. The van der Waals surface area contributed by atoms with Crippen LogP contribution < -0.4 is 5.32 Å². The zero-order chi connectivity index (χ0) is 18.0. The zero-order valence-electron chi connectivity index (χ0n) is 15.5. The first-order valence-corrected chi connectivity index (χ1v) is 9.27. The third kappa shape index (κ3) is 4.60. The van der Waals surface area contributed by atoms with Gasteiger partial charge in [0.05, 0.1) is 6.04 Å². The number of nitrogens with zero attached hydrogens (tertiary/aromatic N) is 2. The van der Waals surface area contributed by atoms with E-state index < -0.39 is 0 Å². The highest BCUT2D eigenvalue weighted by Gasteiger charge is 2.36. The minimum atomic E-state index is -0.176. The van der Waals surface area contributed by atoms with Gasteiger partial charge >= 0.3 is 0 Å². The third-order valence-electron chi connectivity index (χ3n) is 5.34. The van der Waals surface area contributed by atoms with Gasteiger partial charge in [-0.2, -0.15) is 0 Å². The van der Waals surface area contributed by atoms with Crippen molar-refractivity contribution in [2.45, 2.75) is 51.7 Å². The van der Waals surface area contributed by atoms with Gasteiger partial charge in [-0.05, 0) is 38.2 Å². The molecule has 0 spiro atoms. The van der Waals surface area contributed by atoms with Gasteiger partial charge in [-0.25, -0.2) is 0 Å². The van der Waals surface area contributed by atoms with Gasteiger partial charge in [0.15, 0.2) is 0 Å². The summed E-state index contributed by atoms with van der Waals surface area (Å²) in [6, 6.07) is 8.37. The average molecular weight is 343 g/mol. The Morgan fingerprint density at radius 2 is 2.08 bits per heavy atom. The highest BCUT2D eigenvalue weighted by Crippen LogP contribution is 2.32. The maximum atomic E-state index is 12.4. The molecular formula is C20H29N3O2. The number of amides is 2. The standard InChI is InChI=1S/C20H29N3O2/c1-14-5-4-6-17(9-14)12-23-15(2)20(25)22(3)13-18(23)11-21-19(24)10-16-7-8-16/h4-6,9,15-16,18H,7-8,10-13H2,1-3H3,(H,21,24)/t15-,18+/m0/s1. The molecule has 0 bridgehead atoms. The van der Waals surface area contributed by atoms with E-state index in [9.17, 15) is 9.59 Å². The topological polar surface area (TPSA) is 52.7 Å². The molecule has 1 saturated carbocycles. The minimum Gasteiger partial charge on any atom is -0.354 e. The van der Waals surface area contributed by atoms with Crippen molar-refractivity contribution in [2.75, 3.05) is 20.1 Å². The van der Waals surface area contributed by atoms with Gasteiger partial charge in [0, 0.05) is 39.1 Å². The summed E-state index contributed by atoms with van der Waals surface area (Å²) in [5, 5.41) is 3.09. The van der Waals surface area contributed by atoms with E-state index in [-0.39, 0.29) is 23.9 Å². The van der Waals surface area contributed by atoms with Crippen LogP contribution in [0.3, 0.4) is 0 Å². The van der Waals surface area contributed by atoms with Gasteiger partial charge in [-0.3, -0.25) is 14.5 Å². The van der Waals surface area contributed by atoms with E-state index in [1.165, 1.54) is 24.0 Å². The second-order valence-corrected chi connectivity index (χ2v) is 7.66. The van der Waals surface area contributed by atoms with Crippen molar-refractivity contribution in [2.24, 2.45) is 5.92 Å². The average Bonchev–Trinajstić information content (AvgIpc) is 3.38. The van der Waals surface area contributed by atoms with Crippen LogP contribution in [0.1, 0.15) is 37.3 Å². The number of likely N-dealkylation sites (N-methyl/N-ethyl adjacent to an activating group) is 1. The van der Waals surface area contributed by atoms with Crippen LogP contribution in [0.5, 0.6) is 0 Å². The molecule has 2 fully saturated rings. The largest absolute Gasteiger partial charge is 0.354 e. The van der Waals surface area contributed by atoms with E-state index in [1.807, 2.05) is 14.0 Å². The molecule has 1 saturated heterocycles. The number of hydrogen-bond acceptors (Lipinski definition) is 3. The monoisotopic (exact) mass is 343 g/mol. The summed E-state index contributed by atoms with van der Waals surface area (Å²) in [4.78, 5) is 28.5. The summed E-state index contributed by atoms with van der Waals surface area (Å²) >= 11 is 0. The highest BCUT2D eigenvalue weighted by atomic mass is 16.2. The van der Waals surface area contributed by atoms with Crippen molar-refractivity contribution < 1.29 is 9.59 Å². The smallest absolute Gasteiger partial charge is 0.239 e. The predicted molar refractivity (Wildman–Crippen MR) is 98.0 cm³/mol. The van der Waals surface area contributed by atoms with Gasteiger partial charge < -0.3 is 10.2 Å². The van der Waals surface area contributed by atoms with Crippen molar-refractivity contribution in [1.29, 1.82) is 0 Å². The van der Waals surface area contributed by atoms with Crippen LogP contribution in [0.4, 0.5) is 0 Å². The maximum Gasteiger partial charge on any atom is 0.239 e.